The number of aromatic nitrogens is 2. The van der Waals surface area contributed by atoms with Crippen molar-refractivity contribution >= 4 is 16.9 Å². The number of fused-ring (bicyclic) bond motifs is 1. The van der Waals surface area contributed by atoms with Gasteiger partial charge in [-0.3, -0.25) is 4.79 Å². The third-order valence-corrected chi connectivity index (χ3v) is 3.39. The van der Waals surface area contributed by atoms with Crippen molar-refractivity contribution in [3.8, 4) is 0 Å². The third-order valence-electron chi connectivity index (χ3n) is 3.39. The van der Waals surface area contributed by atoms with Gasteiger partial charge in [-0.1, -0.05) is 0 Å². The molecule has 4 atom stereocenters. The maximum atomic E-state index is 13.2. The molecule has 0 fully saturated rings. The SMILES string of the molecule is CC(=O)N[C@@H](c1nc2ccc(F)cc2[nH]1)C(O)C(O)C(O)CO. The van der Waals surface area contributed by atoms with Crippen LogP contribution in [0.25, 0.3) is 11.0 Å². The van der Waals surface area contributed by atoms with Crippen LogP contribution in [0.4, 0.5) is 4.39 Å². The van der Waals surface area contributed by atoms with E-state index in [2.05, 4.69) is 15.3 Å². The molecular weight excluding hydrogens is 309 g/mol. The lowest BCUT2D eigenvalue weighted by atomic mass is 10.0. The Bertz CT molecular complexity index is 692. The van der Waals surface area contributed by atoms with Crippen molar-refractivity contribution in [1.82, 2.24) is 15.3 Å². The number of hydrogen-bond acceptors (Lipinski definition) is 6. The quantitative estimate of drug-likeness (QED) is 0.400. The predicted molar refractivity (Wildman–Crippen MR) is 77.7 cm³/mol. The highest BCUT2D eigenvalue weighted by atomic mass is 19.1. The van der Waals surface area contributed by atoms with Gasteiger partial charge in [0.1, 0.15) is 36.0 Å². The normalized spacial score (nSPS) is 16.8. The lowest BCUT2D eigenvalue weighted by Gasteiger charge is -2.28. The van der Waals surface area contributed by atoms with Crippen molar-refractivity contribution < 1.29 is 29.6 Å². The number of H-pyrrole nitrogens is 1. The summed E-state index contributed by atoms with van der Waals surface area (Å²) in [6, 6.07) is 2.64. The van der Waals surface area contributed by atoms with E-state index in [9.17, 15) is 24.5 Å². The van der Waals surface area contributed by atoms with E-state index >= 15 is 0 Å². The van der Waals surface area contributed by atoms with Crippen LogP contribution in [0, 0.1) is 5.82 Å². The lowest BCUT2D eigenvalue weighted by molar-refractivity contribution is -0.123. The van der Waals surface area contributed by atoms with Gasteiger partial charge in [0.05, 0.1) is 17.6 Å². The Kier molecular flexibility index (Phi) is 5.26. The second-order valence-electron chi connectivity index (χ2n) is 5.19. The van der Waals surface area contributed by atoms with Crippen LogP contribution in [0.2, 0.25) is 0 Å². The number of amides is 1. The van der Waals surface area contributed by atoms with E-state index in [0.29, 0.717) is 11.0 Å². The van der Waals surface area contributed by atoms with Gasteiger partial charge in [-0.15, -0.1) is 0 Å². The lowest BCUT2D eigenvalue weighted by Crippen LogP contribution is -2.47. The number of carbonyl (C=O) groups is 1. The Hall–Kier alpha value is -2.07. The molecule has 0 saturated carbocycles. The first-order valence-electron chi connectivity index (χ1n) is 6.90. The Morgan fingerprint density at radius 3 is 2.65 bits per heavy atom. The van der Waals surface area contributed by atoms with E-state index in [-0.39, 0.29) is 5.82 Å². The number of carbonyl (C=O) groups excluding carboxylic acids is 1. The number of imidazole rings is 1. The smallest absolute Gasteiger partial charge is 0.217 e. The first-order valence-corrected chi connectivity index (χ1v) is 6.90. The first-order chi connectivity index (χ1) is 10.8. The van der Waals surface area contributed by atoms with Crippen molar-refractivity contribution in [3.63, 3.8) is 0 Å². The van der Waals surface area contributed by atoms with Gasteiger partial charge in [-0.05, 0) is 18.2 Å². The van der Waals surface area contributed by atoms with Gasteiger partial charge >= 0.3 is 0 Å². The molecule has 1 aromatic carbocycles. The van der Waals surface area contributed by atoms with E-state index in [1.54, 1.807) is 0 Å². The zero-order valence-corrected chi connectivity index (χ0v) is 12.3. The van der Waals surface area contributed by atoms with Crippen LogP contribution in [-0.4, -0.2) is 61.2 Å². The van der Waals surface area contributed by atoms with Crippen LogP contribution >= 0.6 is 0 Å². The number of rotatable bonds is 6. The number of benzene rings is 1. The molecule has 8 nitrogen and oxygen atoms in total. The Labute approximate surface area is 130 Å². The summed E-state index contributed by atoms with van der Waals surface area (Å²) in [5.41, 5.74) is 0.751. The molecule has 2 rings (SSSR count). The fourth-order valence-electron chi connectivity index (χ4n) is 2.22. The highest BCUT2D eigenvalue weighted by Gasteiger charge is 2.34. The van der Waals surface area contributed by atoms with Crippen molar-refractivity contribution in [1.29, 1.82) is 0 Å². The molecule has 0 saturated heterocycles. The minimum absolute atomic E-state index is 0.0810. The molecule has 6 N–H and O–H groups in total. The maximum absolute atomic E-state index is 13.2. The van der Waals surface area contributed by atoms with E-state index in [0.717, 1.165) is 0 Å². The Morgan fingerprint density at radius 1 is 1.35 bits per heavy atom. The molecule has 0 bridgehead atoms. The average Bonchev–Trinajstić information content (AvgIpc) is 2.92. The Balaban J connectivity index is 2.37. The standard InChI is InChI=1S/C14H18FN3O5/c1-6(20)16-11(13(23)12(22)10(21)5-19)14-17-8-3-2-7(15)4-9(8)18-14/h2-4,10-13,19,21-23H,5H2,1H3,(H,16,20)(H,17,18)/t10?,11-,12?,13?/m1/s1. The molecule has 0 aliphatic carbocycles. The molecule has 0 aliphatic rings. The average molecular weight is 327 g/mol. The van der Waals surface area contributed by atoms with Gasteiger partial charge in [-0.2, -0.15) is 0 Å². The van der Waals surface area contributed by atoms with Gasteiger partial charge in [0, 0.05) is 6.92 Å². The van der Waals surface area contributed by atoms with Gasteiger partial charge in [0.25, 0.3) is 0 Å². The molecular formula is C14H18FN3O5. The van der Waals surface area contributed by atoms with E-state index < -0.39 is 42.7 Å². The minimum Gasteiger partial charge on any atom is -0.394 e. The summed E-state index contributed by atoms with van der Waals surface area (Å²) in [4.78, 5) is 18.2. The van der Waals surface area contributed by atoms with E-state index in [4.69, 9.17) is 5.11 Å². The van der Waals surface area contributed by atoms with Crippen LogP contribution in [0.3, 0.4) is 0 Å². The molecule has 3 unspecified atom stereocenters. The van der Waals surface area contributed by atoms with Crippen molar-refractivity contribution in [3.05, 3.63) is 29.8 Å². The largest absolute Gasteiger partial charge is 0.394 e. The summed E-state index contributed by atoms with van der Waals surface area (Å²) >= 11 is 0. The zero-order chi connectivity index (χ0) is 17.1. The maximum Gasteiger partial charge on any atom is 0.217 e. The molecule has 0 aliphatic heterocycles. The number of aliphatic hydroxyl groups excluding tert-OH is 4. The van der Waals surface area contributed by atoms with Gasteiger partial charge in [0.15, 0.2) is 0 Å². The van der Waals surface area contributed by atoms with Gasteiger partial charge in [-0.25, -0.2) is 9.37 Å². The molecule has 0 radical (unpaired) electrons. The molecule has 9 heteroatoms. The molecule has 0 spiro atoms. The summed E-state index contributed by atoms with van der Waals surface area (Å²) in [5, 5.41) is 40.7. The van der Waals surface area contributed by atoms with E-state index in [1.807, 2.05) is 0 Å². The Morgan fingerprint density at radius 2 is 2.04 bits per heavy atom. The number of hydrogen-bond donors (Lipinski definition) is 6. The van der Waals surface area contributed by atoms with Crippen LogP contribution in [0.5, 0.6) is 0 Å². The molecule has 1 heterocycles. The highest BCUT2D eigenvalue weighted by Crippen LogP contribution is 2.22. The first kappa shape index (κ1) is 17.3. The molecule has 23 heavy (non-hydrogen) atoms. The van der Waals surface area contributed by atoms with Crippen molar-refractivity contribution in [2.75, 3.05) is 6.61 Å². The minimum atomic E-state index is -1.72. The second-order valence-corrected chi connectivity index (χ2v) is 5.19. The number of nitrogens with zero attached hydrogens (tertiary/aromatic N) is 1. The van der Waals surface area contributed by atoms with Crippen LogP contribution in [-0.2, 0) is 4.79 Å². The summed E-state index contributed by atoms with van der Waals surface area (Å²) < 4.78 is 13.2. The second kappa shape index (κ2) is 7.01. The number of aromatic amines is 1. The fraction of sp³-hybridized carbons (Fsp3) is 0.429. The van der Waals surface area contributed by atoms with Crippen LogP contribution < -0.4 is 5.32 Å². The van der Waals surface area contributed by atoms with Crippen molar-refractivity contribution in [2.45, 2.75) is 31.3 Å². The number of nitrogens with one attached hydrogen (secondary N) is 2. The summed E-state index contributed by atoms with van der Waals surface area (Å²) in [6.45, 7) is 0.438. The zero-order valence-electron chi connectivity index (χ0n) is 12.3. The highest BCUT2D eigenvalue weighted by molar-refractivity contribution is 5.76. The monoisotopic (exact) mass is 327 g/mol. The number of halogens is 1. The molecule has 126 valence electrons. The molecule has 1 aromatic heterocycles. The topological polar surface area (TPSA) is 139 Å². The summed E-state index contributed by atoms with van der Waals surface area (Å²) in [5.74, 6) is -0.913. The number of aliphatic hydroxyl groups is 4. The van der Waals surface area contributed by atoms with Gasteiger partial charge in [0.2, 0.25) is 5.91 Å². The molecule has 1 amide bonds. The van der Waals surface area contributed by atoms with Crippen LogP contribution in [0.1, 0.15) is 18.8 Å². The van der Waals surface area contributed by atoms with Gasteiger partial charge < -0.3 is 30.7 Å². The van der Waals surface area contributed by atoms with Crippen LogP contribution in [0.15, 0.2) is 18.2 Å². The fourth-order valence-corrected chi connectivity index (χ4v) is 2.22. The summed E-state index contributed by atoms with van der Waals surface area (Å²) in [6.07, 6.45) is -4.96. The predicted octanol–water partition coefficient (Wildman–Crippen LogP) is -1.05. The van der Waals surface area contributed by atoms with Crippen molar-refractivity contribution in [2.24, 2.45) is 0 Å². The summed E-state index contributed by atoms with van der Waals surface area (Å²) in [7, 11) is 0. The van der Waals surface area contributed by atoms with E-state index in [1.165, 1.54) is 25.1 Å². The molecule has 2 aromatic rings. The third kappa shape index (κ3) is 3.82.